The molecule has 0 spiro atoms. The number of anilines is 1. The number of halogens is 1. The van der Waals surface area contributed by atoms with Gasteiger partial charge in [-0.1, -0.05) is 90.0 Å². The number of benzene rings is 4. The van der Waals surface area contributed by atoms with E-state index in [4.69, 9.17) is 16.3 Å². The molecule has 1 aliphatic heterocycles. The van der Waals surface area contributed by atoms with Crippen molar-refractivity contribution in [3.63, 3.8) is 0 Å². The van der Waals surface area contributed by atoms with E-state index in [1.165, 1.54) is 4.90 Å². The highest BCUT2D eigenvalue weighted by Crippen LogP contribution is 2.35. The van der Waals surface area contributed by atoms with Crippen molar-refractivity contribution in [3.05, 3.63) is 136 Å². The molecule has 1 saturated heterocycles. The normalized spacial score (nSPS) is 16.4. The predicted octanol–water partition coefficient (Wildman–Crippen LogP) is 6.28. The molecule has 5 rings (SSSR count). The summed E-state index contributed by atoms with van der Waals surface area (Å²) < 4.78 is 5.80. The van der Waals surface area contributed by atoms with Gasteiger partial charge in [-0.2, -0.15) is 0 Å². The van der Waals surface area contributed by atoms with Gasteiger partial charge in [0.2, 0.25) is 5.91 Å². The van der Waals surface area contributed by atoms with Gasteiger partial charge in [0.25, 0.3) is 5.91 Å². The summed E-state index contributed by atoms with van der Waals surface area (Å²) in [5, 5.41) is 6.28. The molecule has 4 aromatic carbocycles. The van der Waals surface area contributed by atoms with E-state index in [1.807, 2.05) is 61.5 Å². The molecule has 8 heteroatoms. The first kappa shape index (κ1) is 27.0. The van der Waals surface area contributed by atoms with Crippen LogP contribution in [0.3, 0.4) is 0 Å². The van der Waals surface area contributed by atoms with Crippen LogP contribution in [0.15, 0.2) is 103 Å². The van der Waals surface area contributed by atoms with Gasteiger partial charge in [0.15, 0.2) is 12.1 Å². The van der Waals surface area contributed by atoms with Gasteiger partial charge in [-0.15, -0.1) is 0 Å². The smallest absolute Gasteiger partial charge is 0.411 e. The molecule has 1 heterocycles. The van der Waals surface area contributed by atoms with Crippen molar-refractivity contribution in [2.75, 3.05) is 5.32 Å². The van der Waals surface area contributed by atoms with E-state index in [9.17, 15) is 14.4 Å². The maximum absolute atomic E-state index is 13.6. The van der Waals surface area contributed by atoms with Gasteiger partial charge in [0.1, 0.15) is 0 Å². The number of carbonyl (C=O) groups is 3. The van der Waals surface area contributed by atoms with Crippen molar-refractivity contribution in [2.24, 2.45) is 0 Å². The summed E-state index contributed by atoms with van der Waals surface area (Å²) in [6, 6.07) is 30.0. The zero-order chi connectivity index (χ0) is 28.1. The molecule has 0 aliphatic carbocycles. The van der Waals surface area contributed by atoms with E-state index >= 15 is 0 Å². The van der Waals surface area contributed by atoms with Crippen LogP contribution in [0.1, 0.15) is 38.7 Å². The topological polar surface area (TPSA) is 87.7 Å². The van der Waals surface area contributed by atoms with Crippen LogP contribution in [0.5, 0.6) is 0 Å². The van der Waals surface area contributed by atoms with Crippen LogP contribution in [-0.2, 0) is 22.6 Å². The maximum atomic E-state index is 13.6. The molecule has 0 bridgehead atoms. The van der Waals surface area contributed by atoms with E-state index in [1.54, 1.807) is 48.5 Å². The van der Waals surface area contributed by atoms with Crippen molar-refractivity contribution >= 4 is 35.2 Å². The molecule has 2 atom stereocenters. The largest absolute Gasteiger partial charge is 0.438 e. The monoisotopic (exact) mass is 553 g/mol. The van der Waals surface area contributed by atoms with Crippen molar-refractivity contribution < 1.29 is 19.1 Å². The summed E-state index contributed by atoms with van der Waals surface area (Å²) in [7, 11) is 0. The molecule has 0 unspecified atom stereocenters. The summed E-state index contributed by atoms with van der Waals surface area (Å²) in [5.41, 5.74) is 4.41. The predicted molar refractivity (Wildman–Crippen MR) is 154 cm³/mol. The zero-order valence-electron chi connectivity index (χ0n) is 21.8. The highest BCUT2D eigenvalue weighted by molar-refractivity contribution is 6.31. The Labute approximate surface area is 237 Å². The zero-order valence-corrected chi connectivity index (χ0v) is 22.6. The van der Waals surface area contributed by atoms with Crippen LogP contribution in [0.2, 0.25) is 5.02 Å². The molecule has 3 amide bonds. The Hall–Kier alpha value is -4.62. The minimum absolute atomic E-state index is 0.213. The van der Waals surface area contributed by atoms with Gasteiger partial charge >= 0.3 is 6.09 Å². The number of aryl methyl sites for hydroxylation is 1. The lowest BCUT2D eigenvalue weighted by Crippen LogP contribution is -2.46. The number of nitrogens with one attached hydrogen (secondary N) is 2. The lowest BCUT2D eigenvalue weighted by molar-refractivity contribution is -0.126. The quantitative estimate of drug-likeness (QED) is 0.269. The first-order valence-corrected chi connectivity index (χ1v) is 13.3. The van der Waals surface area contributed by atoms with Gasteiger partial charge < -0.3 is 15.4 Å². The van der Waals surface area contributed by atoms with Crippen molar-refractivity contribution in [1.29, 1.82) is 0 Å². The van der Waals surface area contributed by atoms with Gasteiger partial charge in [0, 0.05) is 22.8 Å². The second-order valence-corrected chi connectivity index (χ2v) is 10.1. The number of hydrogen-bond acceptors (Lipinski definition) is 4. The fourth-order valence-electron chi connectivity index (χ4n) is 4.62. The van der Waals surface area contributed by atoms with Crippen LogP contribution in [0.25, 0.3) is 0 Å². The maximum Gasteiger partial charge on any atom is 0.411 e. The average Bonchev–Trinajstić information content (AvgIpc) is 3.29. The summed E-state index contributed by atoms with van der Waals surface area (Å²) in [6.07, 6.45) is -1.46. The van der Waals surface area contributed by atoms with Crippen molar-refractivity contribution in [2.45, 2.75) is 32.2 Å². The third-order valence-corrected chi connectivity index (χ3v) is 6.93. The molecular weight excluding hydrogens is 526 g/mol. The minimum atomic E-state index is -0.920. The van der Waals surface area contributed by atoms with Gasteiger partial charge in [-0.25, -0.2) is 4.79 Å². The van der Waals surface area contributed by atoms with Gasteiger partial charge in [-0.3, -0.25) is 14.5 Å². The molecule has 0 aromatic heterocycles. The van der Waals surface area contributed by atoms with Crippen molar-refractivity contribution in [3.8, 4) is 0 Å². The molecule has 2 N–H and O–H groups in total. The molecule has 1 aliphatic rings. The lowest BCUT2D eigenvalue weighted by atomic mass is 9.99. The lowest BCUT2D eigenvalue weighted by Gasteiger charge is -2.24. The van der Waals surface area contributed by atoms with Crippen LogP contribution in [-0.4, -0.2) is 28.8 Å². The molecular formula is C32H28ClN3O4. The first-order valence-electron chi connectivity index (χ1n) is 12.9. The summed E-state index contributed by atoms with van der Waals surface area (Å²) in [4.78, 5) is 41.0. The van der Waals surface area contributed by atoms with Crippen LogP contribution in [0.4, 0.5) is 10.5 Å². The number of ether oxygens (including phenoxy) is 1. The molecule has 4 aromatic rings. The van der Waals surface area contributed by atoms with E-state index in [0.717, 1.165) is 16.7 Å². The van der Waals surface area contributed by atoms with Crippen molar-refractivity contribution in [1.82, 2.24) is 10.2 Å². The van der Waals surface area contributed by atoms with Crippen LogP contribution < -0.4 is 10.6 Å². The fraction of sp³-hybridized carbons (Fsp3) is 0.156. The average molecular weight is 554 g/mol. The third kappa shape index (κ3) is 6.33. The molecule has 1 fully saturated rings. The number of cyclic esters (lactones) is 1. The number of amides is 3. The summed E-state index contributed by atoms with van der Waals surface area (Å²) in [6.45, 7) is 2.51. The molecule has 7 nitrogen and oxygen atoms in total. The second-order valence-electron chi connectivity index (χ2n) is 9.66. The molecule has 0 radical (unpaired) electrons. The molecule has 0 saturated carbocycles. The Balaban J connectivity index is 1.40. The Morgan fingerprint density at radius 3 is 2.38 bits per heavy atom. The fourth-order valence-corrected chi connectivity index (χ4v) is 4.81. The third-order valence-electron chi connectivity index (χ3n) is 6.70. The second kappa shape index (κ2) is 12.1. The SMILES string of the molecule is Cc1ccc(CN2C(=O)O[C@H](c3cccc(NC(=O)c4cccc(Cl)c4)c3)[C@@H]2C(=O)NCc2ccccc2)cc1. The highest BCUT2D eigenvalue weighted by atomic mass is 35.5. The van der Waals surface area contributed by atoms with E-state index in [0.29, 0.717) is 28.4 Å². The summed E-state index contributed by atoms with van der Waals surface area (Å²) in [5.74, 6) is -0.665. The van der Waals surface area contributed by atoms with E-state index < -0.39 is 18.2 Å². The number of nitrogens with zero attached hydrogens (tertiary/aromatic N) is 1. The van der Waals surface area contributed by atoms with Gasteiger partial charge in [0.05, 0.1) is 6.54 Å². The van der Waals surface area contributed by atoms with Gasteiger partial charge in [-0.05, 0) is 53.9 Å². The number of carbonyl (C=O) groups excluding carboxylic acids is 3. The van der Waals surface area contributed by atoms with E-state index in [-0.39, 0.29) is 18.4 Å². The molecule has 40 heavy (non-hydrogen) atoms. The van der Waals surface area contributed by atoms with E-state index in [2.05, 4.69) is 10.6 Å². The first-order chi connectivity index (χ1) is 19.4. The number of rotatable bonds is 8. The Morgan fingerprint density at radius 2 is 1.62 bits per heavy atom. The Bertz CT molecular complexity index is 1520. The number of hydrogen-bond donors (Lipinski definition) is 2. The minimum Gasteiger partial charge on any atom is -0.438 e. The Kier molecular flexibility index (Phi) is 8.12. The van der Waals surface area contributed by atoms with Crippen LogP contribution >= 0.6 is 11.6 Å². The Morgan fingerprint density at radius 1 is 0.875 bits per heavy atom. The standard InChI is InChI=1S/C32H28ClN3O4/c1-21-13-15-23(16-14-21)20-36-28(31(38)34-19-22-7-3-2-4-8-22)29(40-32(36)39)24-9-6-12-27(18-24)35-30(37)25-10-5-11-26(33)17-25/h2-18,28-29H,19-20H2,1H3,(H,34,38)(H,35,37)/t28-,29-/m1/s1. The highest BCUT2D eigenvalue weighted by Gasteiger charge is 2.47. The molecule has 202 valence electrons. The van der Waals surface area contributed by atoms with Crippen LogP contribution in [0, 0.1) is 6.92 Å². The summed E-state index contributed by atoms with van der Waals surface area (Å²) >= 11 is 6.04.